The van der Waals surface area contributed by atoms with Crippen LogP contribution in [0.5, 0.6) is 0 Å². The number of fused-ring (bicyclic) bond motifs is 1. The predicted molar refractivity (Wildman–Crippen MR) is 158 cm³/mol. The smallest absolute Gasteiger partial charge is 0.346 e. The Balaban J connectivity index is 1.77. The van der Waals surface area contributed by atoms with Gasteiger partial charge in [0.05, 0.1) is 0 Å². The van der Waals surface area contributed by atoms with Gasteiger partial charge in [0.15, 0.2) is 0 Å². The summed E-state index contributed by atoms with van der Waals surface area (Å²) in [5, 5.41) is 11.8. The molecule has 200 valence electrons. The van der Waals surface area contributed by atoms with E-state index in [1.807, 2.05) is 0 Å². The Hall–Kier alpha value is -0.870. The van der Waals surface area contributed by atoms with Crippen molar-refractivity contribution in [1.82, 2.24) is 0 Å². The Morgan fingerprint density at radius 3 is 1.71 bits per heavy atom. The van der Waals surface area contributed by atoms with Gasteiger partial charge in [-0.05, 0) is 35.8 Å². The topological polar surface area (TPSA) is 37.3 Å². The zero-order chi connectivity index (χ0) is 25.1. The maximum atomic E-state index is 11.8. The Labute approximate surface area is 223 Å². The molecule has 1 N–H and O–H groups in total. The summed E-state index contributed by atoms with van der Waals surface area (Å²) in [7, 11) is 0. The van der Waals surface area contributed by atoms with Gasteiger partial charge in [-0.25, -0.2) is 4.79 Å². The molecule has 0 aliphatic rings. The second kappa shape index (κ2) is 19.3. The Morgan fingerprint density at radius 1 is 0.743 bits per heavy atom. The van der Waals surface area contributed by atoms with E-state index in [9.17, 15) is 9.90 Å². The number of aromatic carboxylic acids is 1. The van der Waals surface area contributed by atoms with Crippen molar-refractivity contribution in [3.63, 3.8) is 0 Å². The van der Waals surface area contributed by atoms with Gasteiger partial charge in [0.1, 0.15) is 4.88 Å². The van der Waals surface area contributed by atoms with Crippen molar-refractivity contribution in [2.75, 3.05) is 0 Å². The minimum Gasteiger partial charge on any atom is -0.477 e. The summed E-state index contributed by atoms with van der Waals surface area (Å²) in [6, 6.07) is 2.08. The summed E-state index contributed by atoms with van der Waals surface area (Å²) in [5.41, 5.74) is 1.11. The predicted octanol–water partition coefficient (Wildman–Crippen LogP) is 11.7. The molecule has 2 aromatic heterocycles. The molecule has 0 saturated heterocycles. The molecule has 1 atom stereocenters. The van der Waals surface area contributed by atoms with E-state index < -0.39 is 5.97 Å². The van der Waals surface area contributed by atoms with Gasteiger partial charge in [-0.15, -0.1) is 22.7 Å². The second-order valence-corrected chi connectivity index (χ2v) is 12.6. The van der Waals surface area contributed by atoms with Gasteiger partial charge in [-0.3, -0.25) is 0 Å². The molecule has 2 heterocycles. The normalized spacial score (nSPS) is 12.5. The second-order valence-electron chi connectivity index (χ2n) is 10.6. The van der Waals surface area contributed by atoms with Crippen LogP contribution < -0.4 is 0 Å². The third-order valence-electron chi connectivity index (χ3n) is 7.57. The number of unbranched alkanes of at least 4 members (excludes halogenated alkanes) is 15. The summed E-state index contributed by atoms with van der Waals surface area (Å²) < 4.78 is 2.38. The molecule has 0 fully saturated rings. The number of carbonyl (C=O) groups is 1. The summed E-state index contributed by atoms with van der Waals surface area (Å²) in [6.07, 6.45) is 28.2. The lowest BCUT2D eigenvalue weighted by molar-refractivity contribution is 0.0701. The number of carboxylic acids is 1. The maximum Gasteiger partial charge on any atom is 0.346 e. The molecule has 2 aromatic rings. The molecule has 2 nitrogen and oxygen atoms in total. The monoisotopic (exact) mass is 520 g/mol. The Morgan fingerprint density at radius 2 is 1.23 bits per heavy atom. The van der Waals surface area contributed by atoms with E-state index in [1.165, 1.54) is 138 Å². The summed E-state index contributed by atoms with van der Waals surface area (Å²) in [5.74, 6) is 0.00293. The van der Waals surface area contributed by atoms with Crippen molar-refractivity contribution in [2.45, 2.75) is 149 Å². The van der Waals surface area contributed by atoms with Crippen molar-refractivity contribution < 1.29 is 9.90 Å². The van der Waals surface area contributed by atoms with E-state index >= 15 is 0 Å². The molecule has 1 unspecified atom stereocenters. The molecule has 35 heavy (non-hydrogen) atoms. The molecule has 0 amide bonds. The van der Waals surface area contributed by atoms with Crippen molar-refractivity contribution in [3.05, 3.63) is 21.9 Å². The van der Waals surface area contributed by atoms with Crippen LogP contribution in [0.15, 0.2) is 11.4 Å². The lowest BCUT2D eigenvalue weighted by Gasteiger charge is -2.17. The average molecular weight is 521 g/mol. The lowest BCUT2D eigenvalue weighted by atomic mass is 9.89. The SMILES string of the molecule is CCCCCCCCCCCC(CCCCCCCCCC)CCc1c(C(=O)O)sc2ccsc12. The standard InChI is InChI=1S/C31H52O2S2/c1-3-5-7-9-11-13-15-17-19-21-26(20-18-16-14-12-10-8-6-4-2)22-23-27-29-28(24-25-34-29)35-30(27)31(32)33/h24-26H,3-23H2,1-2H3,(H,32,33). The van der Waals surface area contributed by atoms with Crippen molar-refractivity contribution in [1.29, 1.82) is 0 Å². The van der Waals surface area contributed by atoms with Crippen LogP contribution in [0.4, 0.5) is 0 Å². The van der Waals surface area contributed by atoms with Crippen LogP contribution >= 0.6 is 22.7 Å². The zero-order valence-electron chi connectivity index (χ0n) is 22.8. The molecular weight excluding hydrogens is 468 g/mol. The fourth-order valence-electron chi connectivity index (χ4n) is 5.36. The first kappa shape index (κ1) is 30.4. The van der Waals surface area contributed by atoms with Gasteiger partial charge in [-0.1, -0.05) is 136 Å². The average Bonchev–Trinajstić information content (AvgIpc) is 3.44. The van der Waals surface area contributed by atoms with E-state index in [2.05, 4.69) is 25.3 Å². The summed E-state index contributed by atoms with van der Waals surface area (Å²) >= 11 is 3.18. The van der Waals surface area contributed by atoms with E-state index in [-0.39, 0.29) is 0 Å². The molecule has 0 aliphatic heterocycles. The van der Waals surface area contributed by atoms with Crippen LogP contribution in [-0.4, -0.2) is 11.1 Å². The highest BCUT2D eigenvalue weighted by Crippen LogP contribution is 2.37. The van der Waals surface area contributed by atoms with Crippen LogP contribution in [0.1, 0.15) is 157 Å². The number of thiophene rings is 2. The van der Waals surface area contributed by atoms with Crippen molar-refractivity contribution in [2.24, 2.45) is 5.92 Å². The number of aryl methyl sites for hydroxylation is 1. The third-order valence-corrected chi connectivity index (χ3v) is 9.86. The molecule has 0 aromatic carbocycles. The highest BCUT2D eigenvalue weighted by Gasteiger charge is 2.20. The molecule has 2 rings (SSSR count). The molecule has 0 bridgehead atoms. The molecule has 4 heteroatoms. The van der Waals surface area contributed by atoms with Crippen LogP contribution in [-0.2, 0) is 6.42 Å². The quantitative estimate of drug-likeness (QED) is 0.148. The van der Waals surface area contributed by atoms with Crippen molar-refractivity contribution in [3.8, 4) is 0 Å². The van der Waals surface area contributed by atoms with Gasteiger partial charge in [0.2, 0.25) is 0 Å². The van der Waals surface area contributed by atoms with E-state index in [4.69, 9.17) is 0 Å². The van der Waals surface area contributed by atoms with E-state index in [0.717, 1.165) is 29.0 Å². The van der Waals surface area contributed by atoms with Gasteiger partial charge in [0.25, 0.3) is 0 Å². The van der Waals surface area contributed by atoms with E-state index in [0.29, 0.717) is 4.88 Å². The van der Waals surface area contributed by atoms with Crippen LogP contribution in [0.2, 0.25) is 0 Å². The van der Waals surface area contributed by atoms with Gasteiger partial charge < -0.3 is 5.11 Å². The molecule has 0 radical (unpaired) electrons. The fourth-order valence-corrected chi connectivity index (χ4v) is 7.64. The third kappa shape index (κ3) is 12.3. The minimum atomic E-state index is -0.744. The first-order chi connectivity index (χ1) is 17.2. The molecular formula is C31H52O2S2. The fraction of sp³-hybridized carbons (Fsp3) is 0.774. The van der Waals surface area contributed by atoms with E-state index in [1.54, 1.807) is 11.3 Å². The minimum absolute atomic E-state index is 0.584. The molecule has 0 saturated carbocycles. The number of hydrogen-bond donors (Lipinski definition) is 1. The lowest BCUT2D eigenvalue weighted by Crippen LogP contribution is -2.05. The molecule has 0 aliphatic carbocycles. The van der Waals surface area contributed by atoms with Crippen molar-refractivity contribution >= 4 is 38.0 Å². The summed E-state index contributed by atoms with van der Waals surface area (Å²) in [4.78, 5) is 12.4. The van der Waals surface area contributed by atoms with Crippen LogP contribution in [0.25, 0.3) is 9.40 Å². The van der Waals surface area contributed by atoms with Gasteiger partial charge >= 0.3 is 5.97 Å². The zero-order valence-corrected chi connectivity index (χ0v) is 24.4. The first-order valence-electron chi connectivity index (χ1n) is 14.9. The Bertz CT molecular complexity index is 791. The highest BCUT2D eigenvalue weighted by molar-refractivity contribution is 7.28. The molecule has 0 spiro atoms. The van der Waals surface area contributed by atoms with Gasteiger partial charge in [-0.2, -0.15) is 0 Å². The maximum absolute atomic E-state index is 11.8. The number of carboxylic acid groups (broad SMARTS) is 1. The largest absolute Gasteiger partial charge is 0.477 e. The van der Waals surface area contributed by atoms with Crippen LogP contribution in [0.3, 0.4) is 0 Å². The van der Waals surface area contributed by atoms with Crippen LogP contribution in [0, 0.1) is 5.92 Å². The number of hydrogen-bond acceptors (Lipinski definition) is 3. The Kier molecular flexibility index (Phi) is 16.7. The number of rotatable bonds is 23. The highest BCUT2D eigenvalue weighted by atomic mass is 32.1. The first-order valence-corrected chi connectivity index (χ1v) is 16.6. The van der Waals surface area contributed by atoms with Gasteiger partial charge in [0, 0.05) is 9.40 Å². The summed E-state index contributed by atoms with van der Waals surface area (Å²) in [6.45, 7) is 4.57.